The van der Waals surface area contributed by atoms with E-state index in [-0.39, 0.29) is 24.9 Å². The fraction of sp³-hybridized carbons (Fsp3) is 0.231. The Morgan fingerprint density at radius 2 is 2.06 bits per heavy atom. The summed E-state index contributed by atoms with van der Waals surface area (Å²) in [6.45, 7) is 0.196. The second kappa shape index (κ2) is 4.71. The SMILES string of the molecule is C#CCN1CC(=O)NC(c2ccccc2)C1=O. The first-order valence-corrected chi connectivity index (χ1v) is 5.29. The van der Waals surface area contributed by atoms with E-state index < -0.39 is 6.04 Å². The van der Waals surface area contributed by atoms with Crippen LogP contribution in [-0.2, 0) is 9.59 Å². The largest absolute Gasteiger partial charge is 0.339 e. The zero-order chi connectivity index (χ0) is 12.3. The maximum absolute atomic E-state index is 12.1. The maximum atomic E-state index is 12.1. The Hall–Kier alpha value is -2.28. The van der Waals surface area contributed by atoms with Crippen LogP contribution >= 0.6 is 0 Å². The molecule has 1 heterocycles. The van der Waals surface area contributed by atoms with Gasteiger partial charge in [-0.25, -0.2) is 0 Å². The van der Waals surface area contributed by atoms with Crippen LogP contribution in [0.4, 0.5) is 0 Å². The van der Waals surface area contributed by atoms with Gasteiger partial charge in [-0.3, -0.25) is 9.59 Å². The maximum Gasteiger partial charge on any atom is 0.251 e. The summed E-state index contributed by atoms with van der Waals surface area (Å²) in [6.07, 6.45) is 5.18. The summed E-state index contributed by atoms with van der Waals surface area (Å²) in [5.41, 5.74) is 0.771. The average molecular weight is 228 g/mol. The number of terminal acetylenes is 1. The van der Waals surface area contributed by atoms with Gasteiger partial charge >= 0.3 is 0 Å². The second-order valence-electron chi connectivity index (χ2n) is 3.81. The van der Waals surface area contributed by atoms with E-state index in [1.165, 1.54) is 4.90 Å². The molecule has 0 aromatic heterocycles. The summed E-state index contributed by atoms with van der Waals surface area (Å²) >= 11 is 0. The van der Waals surface area contributed by atoms with Gasteiger partial charge in [-0.15, -0.1) is 6.42 Å². The smallest absolute Gasteiger partial charge is 0.251 e. The van der Waals surface area contributed by atoms with Crippen LogP contribution in [0.3, 0.4) is 0 Å². The minimum Gasteiger partial charge on any atom is -0.339 e. The summed E-state index contributed by atoms with van der Waals surface area (Å²) in [6, 6.07) is 8.51. The van der Waals surface area contributed by atoms with Gasteiger partial charge in [0.15, 0.2) is 0 Å². The fourth-order valence-corrected chi connectivity index (χ4v) is 1.82. The molecule has 0 bridgehead atoms. The van der Waals surface area contributed by atoms with E-state index in [2.05, 4.69) is 11.2 Å². The van der Waals surface area contributed by atoms with Crippen molar-refractivity contribution in [1.29, 1.82) is 0 Å². The molecule has 0 radical (unpaired) electrons. The second-order valence-corrected chi connectivity index (χ2v) is 3.81. The first-order chi connectivity index (χ1) is 8.22. The van der Waals surface area contributed by atoms with Crippen LogP contribution in [0, 0.1) is 12.3 Å². The first-order valence-electron chi connectivity index (χ1n) is 5.29. The van der Waals surface area contributed by atoms with Crippen LogP contribution < -0.4 is 5.32 Å². The number of hydrogen-bond acceptors (Lipinski definition) is 2. The highest BCUT2D eigenvalue weighted by atomic mass is 16.2. The summed E-state index contributed by atoms with van der Waals surface area (Å²) in [5, 5.41) is 2.67. The van der Waals surface area contributed by atoms with Crippen molar-refractivity contribution in [3.05, 3.63) is 35.9 Å². The third-order valence-electron chi connectivity index (χ3n) is 2.61. The molecule has 0 aliphatic carbocycles. The highest BCUT2D eigenvalue weighted by Gasteiger charge is 2.32. The number of rotatable bonds is 2. The Morgan fingerprint density at radius 1 is 1.35 bits per heavy atom. The third-order valence-corrected chi connectivity index (χ3v) is 2.61. The zero-order valence-electron chi connectivity index (χ0n) is 9.22. The predicted octanol–water partition coefficient (Wildman–Crippen LogP) is 0.319. The van der Waals surface area contributed by atoms with Gasteiger partial charge in [0.05, 0.1) is 6.54 Å². The minimum atomic E-state index is -0.620. The molecule has 1 saturated heterocycles. The van der Waals surface area contributed by atoms with Crippen LogP contribution in [0.25, 0.3) is 0 Å². The Morgan fingerprint density at radius 3 is 2.71 bits per heavy atom. The number of nitrogens with one attached hydrogen (secondary N) is 1. The number of benzene rings is 1. The van der Waals surface area contributed by atoms with E-state index in [4.69, 9.17) is 6.42 Å². The average Bonchev–Trinajstić information content (AvgIpc) is 2.35. The van der Waals surface area contributed by atoms with Crippen LogP contribution in [-0.4, -0.2) is 29.8 Å². The number of amides is 2. The minimum absolute atomic E-state index is 0.0341. The van der Waals surface area contributed by atoms with E-state index in [9.17, 15) is 9.59 Å². The Kier molecular flexibility index (Phi) is 3.10. The van der Waals surface area contributed by atoms with Crippen LogP contribution in [0.5, 0.6) is 0 Å². The molecule has 0 spiro atoms. The van der Waals surface area contributed by atoms with Crippen molar-refractivity contribution < 1.29 is 9.59 Å². The molecule has 1 fully saturated rings. The lowest BCUT2D eigenvalue weighted by Gasteiger charge is -2.31. The van der Waals surface area contributed by atoms with E-state index in [1.54, 1.807) is 0 Å². The molecule has 1 unspecified atom stereocenters. The van der Waals surface area contributed by atoms with E-state index in [0.717, 1.165) is 5.56 Å². The highest BCUT2D eigenvalue weighted by Crippen LogP contribution is 2.18. The van der Waals surface area contributed by atoms with Crippen molar-refractivity contribution in [2.45, 2.75) is 6.04 Å². The summed E-state index contributed by atoms with van der Waals surface area (Å²) in [5.74, 6) is 2.04. The van der Waals surface area contributed by atoms with Gasteiger partial charge in [-0.2, -0.15) is 0 Å². The molecule has 0 saturated carbocycles. The van der Waals surface area contributed by atoms with Crippen LogP contribution in [0.2, 0.25) is 0 Å². The number of nitrogens with zero attached hydrogens (tertiary/aromatic N) is 1. The van der Waals surface area contributed by atoms with Crippen molar-refractivity contribution in [2.75, 3.05) is 13.1 Å². The standard InChI is InChI=1S/C13H12N2O2/c1-2-8-15-9-11(16)14-12(13(15)17)10-6-4-3-5-7-10/h1,3-7,12H,8-9H2,(H,14,16). The Balaban J connectivity index is 2.25. The lowest BCUT2D eigenvalue weighted by molar-refractivity contribution is -0.143. The monoisotopic (exact) mass is 228 g/mol. The van der Waals surface area contributed by atoms with Gasteiger partial charge in [0.1, 0.15) is 12.6 Å². The van der Waals surface area contributed by atoms with Crippen molar-refractivity contribution in [3.63, 3.8) is 0 Å². The molecular formula is C13H12N2O2. The number of piperazine rings is 1. The quantitative estimate of drug-likeness (QED) is 0.741. The molecule has 17 heavy (non-hydrogen) atoms. The summed E-state index contributed by atoms with van der Waals surface area (Å²) in [7, 11) is 0. The van der Waals surface area contributed by atoms with E-state index in [0.29, 0.717) is 0 Å². The fourth-order valence-electron chi connectivity index (χ4n) is 1.82. The normalized spacial score (nSPS) is 19.7. The van der Waals surface area contributed by atoms with Crippen LogP contribution in [0.1, 0.15) is 11.6 Å². The third kappa shape index (κ3) is 2.28. The van der Waals surface area contributed by atoms with Crippen molar-refractivity contribution in [2.24, 2.45) is 0 Å². The van der Waals surface area contributed by atoms with Gasteiger partial charge in [-0.1, -0.05) is 36.3 Å². The molecule has 4 heteroatoms. The van der Waals surface area contributed by atoms with E-state index in [1.807, 2.05) is 30.3 Å². The molecule has 1 aromatic rings. The van der Waals surface area contributed by atoms with Crippen molar-refractivity contribution >= 4 is 11.8 Å². The van der Waals surface area contributed by atoms with Gasteiger partial charge in [0.25, 0.3) is 5.91 Å². The molecule has 2 rings (SSSR count). The van der Waals surface area contributed by atoms with E-state index >= 15 is 0 Å². The van der Waals surface area contributed by atoms with Crippen LogP contribution in [0.15, 0.2) is 30.3 Å². The molecule has 4 nitrogen and oxygen atoms in total. The summed E-state index contributed by atoms with van der Waals surface area (Å²) < 4.78 is 0. The molecule has 86 valence electrons. The molecule has 1 aliphatic heterocycles. The topological polar surface area (TPSA) is 49.4 Å². The molecule has 1 aliphatic rings. The molecule has 2 amide bonds. The van der Waals surface area contributed by atoms with Crippen molar-refractivity contribution in [1.82, 2.24) is 10.2 Å². The summed E-state index contributed by atoms with van der Waals surface area (Å²) in [4.78, 5) is 25.0. The lowest BCUT2D eigenvalue weighted by atomic mass is 10.0. The van der Waals surface area contributed by atoms with Gasteiger partial charge in [-0.05, 0) is 5.56 Å². The Labute approximate surface area is 99.6 Å². The molecule has 1 N–H and O–H groups in total. The first kappa shape index (κ1) is 11.2. The van der Waals surface area contributed by atoms with Gasteiger partial charge in [0.2, 0.25) is 5.91 Å². The Bertz CT molecular complexity index is 476. The number of hydrogen-bond donors (Lipinski definition) is 1. The molecular weight excluding hydrogens is 216 g/mol. The van der Waals surface area contributed by atoms with Gasteiger partial charge < -0.3 is 10.2 Å². The highest BCUT2D eigenvalue weighted by molar-refractivity contribution is 5.95. The zero-order valence-corrected chi connectivity index (χ0v) is 9.22. The molecule has 1 aromatic carbocycles. The predicted molar refractivity (Wildman–Crippen MR) is 62.7 cm³/mol. The van der Waals surface area contributed by atoms with Gasteiger partial charge in [0, 0.05) is 0 Å². The number of carbonyl (C=O) groups excluding carboxylic acids is 2. The lowest BCUT2D eigenvalue weighted by Crippen LogP contribution is -2.53. The van der Waals surface area contributed by atoms with Crippen molar-refractivity contribution in [3.8, 4) is 12.3 Å². The number of carbonyl (C=O) groups is 2. The molecule has 1 atom stereocenters.